The average Bonchev–Trinajstić information content (AvgIpc) is 2.33. The van der Waals surface area contributed by atoms with Gasteiger partial charge in [-0.1, -0.05) is 6.92 Å². The number of hydrogen-bond acceptors (Lipinski definition) is 1. The molecular weight excluding hydrogens is 138 g/mol. The Bertz CT molecular complexity index is 192. The fourth-order valence-corrected chi connectivity index (χ4v) is 1.37. The minimum atomic E-state index is 0.161. The van der Waals surface area contributed by atoms with E-state index in [1.807, 2.05) is 4.90 Å². The van der Waals surface area contributed by atoms with E-state index in [9.17, 15) is 4.79 Å². The summed E-state index contributed by atoms with van der Waals surface area (Å²) >= 11 is 0. The highest BCUT2D eigenvalue weighted by Crippen LogP contribution is 2.16. The zero-order chi connectivity index (χ0) is 8.27. The van der Waals surface area contributed by atoms with Crippen molar-refractivity contribution in [1.82, 2.24) is 4.90 Å². The lowest BCUT2D eigenvalue weighted by molar-refractivity contribution is -0.127. The van der Waals surface area contributed by atoms with Crippen molar-refractivity contribution in [3.8, 4) is 12.3 Å². The third-order valence-electron chi connectivity index (χ3n) is 1.94. The van der Waals surface area contributed by atoms with Crippen LogP contribution in [0.25, 0.3) is 0 Å². The van der Waals surface area contributed by atoms with Crippen LogP contribution in [0.4, 0.5) is 0 Å². The second-order valence-electron chi connectivity index (χ2n) is 2.91. The first-order chi connectivity index (χ1) is 5.27. The van der Waals surface area contributed by atoms with Crippen LogP contribution in [0.5, 0.6) is 0 Å². The van der Waals surface area contributed by atoms with Gasteiger partial charge in [-0.3, -0.25) is 4.79 Å². The zero-order valence-corrected chi connectivity index (χ0v) is 6.84. The molecule has 0 aliphatic carbocycles. The van der Waals surface area contributed by atoms with Crippen LogP contribution in [-0.4, -0.2) is 23.9 Å². The first-order valence-electron chi connectivity index (χ1n) is 4.01. The number of rotatable bonds is 2. The van der Waals surface area contributed by atoms with Crippen molar-refractivity contribution in [3.63, 3.8) is 0 Å². The van der Waals surface area contributed by atoms with Crippen molar-refractivity contribution in [2.24, 2.45) is 5.92 Å². The van der Waals surface area contributed by atoms with Crippen LogP contribution < -0.4 is 0 Å². The van der Waals surface area contributed by atoms with Crippen molar-refractivity contribution in [3.05, 3.63) is 0 Å². The van der Waals surface area contributed by atoms with Gasteiger partial charge in [-0.05, 0) is 6.42 Å². The van der Waals surface area contributed by atoms with Gasteiger partial charge >= 0.3 is 0 Å². The summed E-state index contributed by atoms with van der Waals surface area (Å²) in [5.74, 6) is 3.00. The van der Waals surface area contributed by atoms with E-state index in [4.69, 9.17) is 6.42 Å². The summed E-state index contributed by atoms with van der Waals surface area (Å²) in [5.41, 5.74) is 0. The Morgan fingerprint density at radius 2 is 2.55 bits per heavy atom. The fourth-order valence-electron chi connectivity index (χ4n) is 1.37. The Hall–Kier alpha value is -0.970. The molecule has 0 aromatic carbocycles. The molecule has 1 aliphatic rings. The molecule has 0 aromatic heterocycles. The van der Waals surface area contributed by atoms with Crippen molar-refractivity contribution < 1.29 is 4.79 Å². The van der Waals surface area contributed by atoms with Crippen LogP contribution in [0.3, 0.4) is 0 Å². The molecule has 2 nitrogen and oxygen atoms in total. The van der Waals surface area contributed by atoms with Gasteiger partial charge in [0.05, 0.1) is 0 Å². The molecule has 1 heterocycles. The first kappa shape index (κ1) is 8.13. The minimum Gasteiger partial charge on any atom is -0.341 e. The molecule has 2 heteroatoms. The Morgan fingerprint density at radius 1 is 1.82 bits per heavy atom. The normalized spacial score (nSPS) is 23.8. The maximum Gasteiger partial charge on any atom is 0.223 e. The summed E-state index contributed by atoms with van der Waals surface area (Å²) in [4.78, 5) is 13.0. The first-order valence-corrected chi connectivity index (χ1v) is 4.01. The SMILES string of the molecule is C#CC1CC(=O)N(CCC)C1. The topological polar surface area (TPSA) is 20.3 Å². The van der Waals surface area contributed by atoms with Crippen molar-refractivity contribution in [1.29, 1.82) is 0 Å². The molecule has 1 rings (SSSR count). The van der Waals surface area contributed by atoms with Crippen LogP contribution in [0.1, 0.15) is 19.8 Å². The summed E-state index contributed by atoms with van der Waals surface area (Å²) in [6, 6.07) is 0. The molecule has 1 fully saturated rings. The minimum absolute atomic E-state index is 0.161. The van der Waals surface area contributed by atoms with Gasteiger partial charge in [0.15, 0.2) is 0 Å². The monoisotopic (exact) mass is 151 g/mol. The van der Waals surface area contributed by atoms with E-state index >= 15 is 0 Å². The van der Waals surface area contributed by atoms with Crippen LogP contribution in [0, 0.1) is 18.3 Å². The summed E-state index contributed by atoms with van der Waals surface area (Å²) < 4.78 is 0. The van der Waals surface area contributed by atoms with Gasteiger partial charge in [-0.25, -0.2) is 0 Å². The van der Waals surface area contributed by atoms with Gasteiger partial charge in [0.1, 0.15) is 0 Å². The number of terminal acetylenes is 1. The number of carbonyl (C=O) groups is 1. The molecule has 60 valence electrons. The second kappa shape index (κ2) is 3.43. The van der Waals surface area contributed by atoms with Crippen LogP contribution >= 0.6 is 0 Å². The third-order valence-corrected chi connectivity index (χ3v) is 1.94. The maximum atomic E-state index is 11.2. The third kappa shape index (κ3) is 1.74. The Kier molecular flexibility index (Phi) is 2.53. The lowest BCUT2D eigenvalue weighted by atomic mass is 10.1. The molecule has 0 radical (unpaired) electrons. The molecule has 0 aromatic rings. The summed E-state index contributed by atoms with van der Waals surface area (Å²) in [6.45, 7) is 3.69. The highest BCUT2D eigenvalue weighted by molar-refractivity contribution is 5.79. The number of carbonyl (C=O) groups excluding carboxylic acids is 1. The summed E-state index contributed by atoms with van der Waals surface area (Å²) in [6.07, 6.45) is 6.79. The van der Waals surface area contributed by atoms with Gasteiger partial charge in [-0.2, -0.15) is 0 Å². The molecule has 0 bridgehead atoms. The van der Waals surface area contributed by atoms with Gasteiger partial charge in [-0.15, -0.1) is 12.3 Å². The molecule has 1 unspecified atom stereocenters. The Labute approximate surface area is 67.6 Å². The van der Waals surface area contributed by atoms with E-state index in [0.717, 1.165) is 19.5 Å². The van der Waals surface area contributed by atoms with E-state index < -0.39 is 0 Å². The standard InChI is InChI=1S/C9H13NO/c1-3-5-10-7-8(4-2)6-9(10)11/h2,8H,3,5-7H2,1H3. The van der Waals surface area contributed by atoms with E-state index in [2.05, 4.69) is 12.8 Å². The fraction of sp³-hybridized carbons (Fsp3) is 0.667. The number of amides is 1. The Balaban J connectivity index is 2.46. The maximum absolute atomic E-state index is 11.2. The lowest BCUT2D eigenvalue weighted by Crippen LogP contribution is -2.25. The molecule has 1 atom stereocenters. The van der Waals surface area contributed by atoms with E-state index in [1.54, 1.807) is 0 Å². The van der Waals surface area contributed by atoms with Gasteiger partial charge in [0.2, 0.25) is 5.91 Å². The van der Waals surface area contributed by atoms with Crippen molar-refractivity contribution in [2.75, 3.05) is 13.1 Å². The van der Waals surface area contributed by atoms with E-state index in [-0.39, 0.29) is 11.8 Å². The molecular formula is C9H13NO. The quantitative estimate of drug-likeness (QED) is 0.536. The average molecular weight is 151 g/mol. The molecule has 0 saturated carbocycles. The summed E-state index contributed by atoms with van der Waals surface area (Å²) in [7, 11) is 0. The number of nitrogens with zero attached hydrogens (tertiary/aromatic N) is 1. The van der Waals surface area contributed by atoms with Gasteiger partial charge < -0.3 is 4.90 Å². The summed E-state index contributed by atoms with van der Waals surface area (Å²) in [5, 5.41) is 0. The Morgan fingerprint density at radius 3 is 3.00 bits per heavy atom. The predicted molar refractivity (Wildman–Crippen MR) is 43.8 cm³/mol. The van der Waals surface area contributed by atoms with E-state index in [0.29, 0.717) is 6.42 Å². The zero-order valence-electron chi connectivity index (χ0n) is 6.84. The smallest absolute Gasteiger partial charge is 0.223 e. The molecule has 0 N–H and O–H groups in total. The number of likely N-dealkylation sites (tertiary alicyclic amines) is 1. The van der Waals surface area contributed by atoms with Crippen LogP contribution in [-0.2, 0) is 4.79 Å². The highest BCUT2D eigenvalue weighted by atomic mass is 16.2. The molecule has 11 heavy (non-hydrogen) atoms. The van der Waals surface area contributed by atoms with Crippen LogP contribution in [0.15, 0.2) is 0 Å². The molecule has 1 amide bonds. The largest absolute Gasteiger partial charge is 0.341 e. The van der Waals surface area contributed by atoms with Crippen molar-refractivity contribution in [2.45, 2.75) is 19.8 Å². The van der Waals surface area contributed by atoms with Crippen molar-refractivity contribution >= 4 is 5.91 Å². The molecule has 0 spiro atoms. The van der Waals surface area contributed by atoms with Gasteiger partial charge in [0.25, 0.3) is 0 Å². The number of hydrogen-bond donors (Lipinski definition) is 0. The molecule has 1 aliphatic heterocycles. The highest BCUT2D eigenvalue weighted by Gasteiger charge is 2.26. The lowest BCUT2D eigenvalue weighted by Gasteiger charge is -2.13. The predicted octanol–water partition coefficient (Wildman–Crippen LogP) is 0.878. The van der Waals surface area contributed by atoms with E-state index in [1.165, 1.54) is 0 Å². The van der Waals surface area contributed by atoms with Crippen LogP contribution in [0.2, 0.25) is 0 Å². The second-order valence-corrected chi connectivity index (χ2v) is 2.91. The van der Waals surface area contributed by atoms with Gasteiger partial charge in [0, 0.05) is 25.4 Å². The molecule has 1 saturated heterocycles.